The second-order valence-electron chi connectivity index (χ2n) is 6.59. The summed E-state index contributed by atoms with van der Waals surface area (Å²) in [5.74, 6) is -0.626. The molecule has 0 radical (unpaired) electrons. The predicted octanol–water partition coefficient (Wildman–Crippen LogP) is 5.48. The van der Waals surface area contributed by atoms with Crippen LogP contribution in [-0.4, -0.2) is 4.98 Å². The molecular formula is C18H20ClF4N2+. The minimum absolute atomic E-state index is 0.0191. The van der Waals surface area contributed by atoms with Gasteiger partial charge in [-0.25, -0.2) is 4.39 Å². The SMILES string of the molecule is CC(C)c1ncc(C(F)(F)F)cc1C[n+]1cc(F)cc(Cl)c1C(C)C. The molecule has 0 aliphatic carbocycles. The van der Waals surface area contributed by atoms with Crippen molar-refractivity contribution in [1.29, 1.82) is 0 Å². The molecule has 2 aromatic heterocycles. The zero-order valence-corrected chi connectivity index (χ0v) is 15.2. The van der Waals surface area contributed by atoms with Crippen LogP contribution in [0, 0.1) is 5.82 Å². The highest BCUT2D eigenvalue weighted by Gasteiger charge is 2.33. The van der Waals surface area contributed by atoms with E-state index < -0.39 is 17.6 Å². The lowest BCUT2D eigenvalue weighted by atomic mass is 10.0. The Labute approximate surface area is 149 Å². The average Bonchev–Trinajstić information content (AvgIpc) is 2.44. The van der Waals surface area contributed by atoms with Crippen molar-refractivity contribution in [3.05, 3.63) is 57.9 Å². The molecule has 7 heteroatoms. The van der Waals surface area contributed by atoms with Gasteiger partial charge in [-0.1, -0.05) is 39.3 Å². The van der Waals surface area contributed by atoms with E-state index in [1.807, 2.05) is 27.7 Å². The van der Waals surface area contributed by atoms with Crippen LogP contribution in [0.25, 0.3) is 0 Å². The van der Waals surface area contributed by atoms with Gasteiger partial charge < -0.3 is 0 Å². The number of nitrogens with zero attached hydrogens (tertiary/aromatic N) is 2. The Balaban J connectivity index is 2.60. The molecule has 0 unspecified atom stereocenters. The maximum absolute atomic E-state index is 13.8. The summed E-state index contributed by atoms with van der Waals surface area (Å²) in [5, 5.41) is 0.251. The number of hydrogen-bond donors (Lipinski definition) is 0. The van der Waals surface area contributed by atoms with Crippen LogP contribution in [0.1, 0.15) is 62.0 Å². The van der Waals surface area contributed by atoms with Crippen LogP contribution >= 0.6 is 11.6 Å². The number of alkyl halides is 3. The maximum Gasteiger partial charge on any atom is 0.417 e. The Morgan fingerprint density at radius 1 is 1.12 bits per heavy atom. The van der Waals surface area contributed by atoms with Crippen LogP contribution in [-0.2, 0) is 12.7 Å². The molecule has 0 N–H and O–H groups in total. The summed E-state index contributed by atoms with van der Waals surface area (Å²) in [7, 11) is 0. The number of pyridine rings is 2. The fourth-order valence-electron chi connectivity index (χ4n) is 2.83. The second-order valence-corrected chi connectivity index (χ2v) is 7.00. The van der Waals surface area contributed by atoms with Crippen molar-refractivity contribution in [3.63, 3.8) is 0 Å². The minimum Gasteiger partial charge on any atom is -0.260 e. The Morgan fingerprint density at radius 2 is 1.76 bits per heavy atom. The highest BCUT2D eigenvalue weighted by molar-refractivity contribution is 6.31. The first-order valence-corrected chi connectivity index (χ1v) is 8.33. The molecule has 2 heterocycles. The highest BCUT2D eigenvalue weighted by Crippen LogP contribution is 2.31. The molecule has 0 amide bonds. The van der Waals surface area contributed by atoms with E-state index >= 15 is 0 Å². The van der Waals surface area contributed by atoms with Crippen molar-refractivity contribution in [2.24, 2.45) is 0 Å². The molecule has 0 spiro atoms. The largest absolute Gasteiger partial charge is 0.417 e. The van der Waals surface area contributed by atoms with Crippen molar-refractivity contribution in [2.75, 3.05) is 0 Å². The first-order chi connectivity index (χ1) is 11.5. The van der Waals surface area contributed by atoms with Crippen LogP contribution in [0.5, 0.6) is 0 Å². The molecule has 0 aliphatic heterocycles. The third-order valence-corrected chi connectivity index (χ3v) is 4.16. The summed E-state index contributed by atoms with van der Waals surface area (Å²) in [6, 6.07) is 2.29. The molecule has 136 valence electrons. The van der Waals surface area contributed by atoms with Gasteiger partial charge in [-0.3, -0.25) is 4.98 Å². The quantitative estimate of drug-likeness (QED) is 0.511. The van der Waals surface area contributed by atoms with E-state index in [-0.39, 0.29) is 23.4 Å². The Kier molecular flexibility index (Phi) is 5.72. The van der Waals surface area contributed by atoms with E-state index in [4.69, 9.17) is 11.6 Å². The molecule has 0 atom stereocenters. The van der Waals surface area contributed by atoms with E-state index in [1.165, 1.54) is 12.3 Å². The van der Waals surface area contributed by atoms with Gasteiger partial charge in [0.1, 0.15) is 5.02 Å². The van der Waals surface area contributed by atoms with Gasteiger partial charge in [-0.15, -0.1) is 0 Å². The van der Waals surface area contributed by atoms with E-state index in [0.717, 1.165) is 12.3 Å². The Morgan fingerprint density at radius 3 is 2.28 bits per heavy atom. The van der Waals surface area contributed by atoms with Crippen molar-refractivity contribution in [3.8, 4) is 0 Å². The first kappa shape index (κ1) is 19.6. The van der Waals surface area contributed by atoms with E-state index in [9.17, 15) is 17.6 Å². The summed E-state index contributed by atoms with van der Waals surface area (Å²) in [5.41, 5.74) is 0.797. The second kappa shape index (κ2) is 7.28. The van der Waals surface area contributed by atoms with Crippen LogP contribution in [0.2, 0.25) is 5.02 Å². The first-order valence-electron chi connectivity index (χ1n) is 7.95. The van der Waals surface area contributed by atoms with Gasteiger partial charge in [-0.2, -0.15) is 17.7 Å². The standard InChI is InChI=1S/C18H20ClF4N2/c1-10(2)16-12(5-13(7-24-16)18(21,22)23)8-25-9-14(20)6-15(19)17(25)11(3)4/h5-7,9-11H,8H2,1-4H3/q+1. The van der Waals surface area contributed by atoms with Gasteiger partial charge >= 0.3 is 6.18 Å². The monoisotopic (exact) mass is 375 g/mol. The number of rotatable bonds is 4. The fraction of sp³-hybridized carbons (Fsp3) is 0.444. The lowest BCUT2D eigenvalue weighted by molar-refractivity contribution is -0.698. The molecule has 0 saturated carbocycles. The number of halogens is 5. The lowest BCUT2D eigenvalue weighted by Gasteiger charge is -2.15. The maximum atomic E-state index is 13.8. The third-order valence-electron chi connectivity index (χ3n) is 3.86. The van der Waals surface area contributed by atoms with Gasteiger partial charge in [0.05, 0.1) is 11.3 Å². The molecule has 0 saturated heterocycles. The molecule has 2 aromatic rings. The van der Waals surface area contributed by atoms with E-state index in [1.54, 1.807) is 4.57 Å². The molecule has 0 bridgehead atoms. The minimum atomic E-state index is -4.48. The van der Waals surface area contributed by atoms with Gasteiger partial charge in [0.25, 0.3) is 0 Å². The van der Waals surface area contributed by atoms with Crippen molar-refractivity contribution in [1.82, 2.24) is 4.98 Å². The van der Waals surface area contributed by atoms with Gasteiger partial charge in [0.2, 0.25) is 11.9 Å². The average molecular weight is 376 g/mol. The van der Waals surface area contributed by atoms with Crippen molar-refractivity contribution >= 4 is 11.6 Å². The summed E-state index contributed by atoms with van der Waals surface area (Å²) in [4.78, 5) is 4.00. The normalized spacial score (nSPS) is 12.3. The molecule has 2 rings (SSSR count). The Hall–Kier alpha value is -1.69. The molecule has 0 aromatic carbocycles. The van der Waals surface area contributed by atoms with Gasteiger partial charge in [0.15, 0.2) is 12.4 Å². The van der Waals surface area contributed by atoms with Crippen LogP contribution in [0.3, 0.4) is 0 Å². The lowest BCUT2D eigenvalue weighted by Crippen LogP contribution is -2.41. The van der Waals surface area contributed by atoms with Crippen LogP contribution in [0.15, 0.2) is 24.5 Å². The fourth-order valence-corrected chi connectivity index (χ4v) is 3.26. The Bertz CT molecular complexity index is 770. The van der Waals surface area contributed by atoms with Crippen LogP contribution < -0.4 is 4.57 Å². The van der Waals surface area contributed by atoms with Crippen molar-refractivity contribution in [2.45, 2.75) is 52.3 Å². The van der Waals surface area contributed by atoms with Gasteiger partial charge in [-0.05, 0) is 12.0 Å². The summed E-state index contributed by atoms with van der Waals surface area (Å²) in [6.45, 7) is 7.56. The number of aromatic nitrogens is 2. The van der Waals surface area contributed by atoms with E-state index in [2.05, 4.69) is 4.98 Å². The molecular weight excluding hydrogens is 356 g/mol. The molecule has 2 nitrogen and oxygen atoms in total. The number of hydrogen-bond acceptors (Lipinski definition) is 1. The molecule has 0 aliphatic rings. The summed E-state index contributed by atoms with van der Waals surface area (Å²) in [6.07, 6.45) is -2.39. The molecule has 0 fully saturated rings. The highest BCUT2D eigenvalue weighted by atomic mass is 35.5. The topological polar surface area (TPSA) is 16.8 Å². The predicted molar refractivity (Wildman–Crippen MR) is 88.1 cm³/mol. The van der Waals surface area contributed by atoms with Crippen LogP contribution in [0.4, 0.5) is 17.6 Å². The zero-order valence-electron chi connectivity index (χ0n) is 14.5. The summed E-state index contributed by atoms with van der Waals surface area (Å²) < 4.78 is 54.5. The zero-order chi connectivity index (χ0) is 18.9. The third kappa shape index (κ3) is 4.48. The molecule has 25 heavy (non-hydrogen) atoms. The smallest absolute Gasteiger partial charge is 0.260 e. The summed E-state index contributed by atoms with van der Waals surface area (Å²) >= 11 is 6.15. The van der Waals surface area contributed by atoms with Crippen molar-refractivity contribution < 1.29 is 22.1 Å². The van der Waals surface area contributed by atoms with E-state index in [0.29, 0.717) is 17.0 Å². The van der Waals surface area contributed by atoms with Gasteiger partial charge in [0, 0.05) is 23.7 Å².